The van der Waals surface area contributed by atoms with Gasteiger partial charge in [-0.05, 0) is 88.9 Å². The summed E-state index contributed by atoms with van der Waals surface area (Å²) >= 11 is 0. The van der Waals surface area contributed by atoms with E-state index in [1.54, 1.807) is 12.3 Å². The average Bonchev–Trinajstić information content (AvgIpc) is 3.64. The van der Waals surface area contributed by atoms with Crippen molar-refractivity contribution in [3.8, 4) is 23.1 Å². The van der Waals surface area contributed by atoms with E-state index in [-0.39, 0.29) is 53.1 Å². The van der Waals surface area contributed by atoms with Gasteiger partial charge in [0.05, 0.1) is 23.1 Å². The van der Waals surface area contributed by atoms with E-state index in [1.807, 2.05) is 37.8 Å². The monoisotopic (exact) mass is 667 g/mol. The topological polar surface area (TPSA) is 141 Å². The molecule has 2 atom stereocenters. The molecule has 5 aromatic rings. The molecule has 0 saturated carbocycles. The van der Waals surface area contributed by atoms with E-state index in [2.05, 4.69) is 14.9 Å². The van der Waals surface area contributed by atoms with Crippen molar-refractivity contribution < 1.29 is 18.3 Å². The molecule has 0 aliphatic carbocycles. The van der Waals surface area contributed by atoms with Crippen molar-refractivity contribution in [3.63, 3.8) is 0 Å². The van der Waals surface area contributed by atoms with Gasteiger partial charge in [0.15, 0.2) is 5.82 Å². The van der Waals surface area contributed by atoms with Crippen LogP contribution in [0.25, 0.3) is 33.1 Å². The third-order valence-corrected chi connectivity index (χ3v) is 10.6. The lowest BCUT2D eigenvalue weighted by Crippen LogP contribution is -2.43. The number of nitrogen functional groups attached to an aromatic ring is 2. The number of aromatic nitrogens is 5. The van der Waals surface area contributed by atoms with Crippen molar-refractivity contribution in [1.29, 1.82) is 0 Å². The van der Waals surface area contributed by atoms with Crippen LogP contribution in [0, 0.1) is 11.6 Å². The molecule has 2 fully saturated rings. The van der Waals surface area contributed by atoms with Gasteiger partial charge in [0.25, 0.3) is 0 Å². The van der Waals surface area contributed by atoms with Crippen LogP contribution < -0.4 is 25.8 Å². The summed E-state index contributed by atoms with van der Waals surface area (Å²) < 4.78 is 45.2. The number of nitrogens with two attached hydrogens (primary N) is 2. The van der Waals surface area contributed by atoms with E-state index in [0.29, 0.717) is 52.1 Å². The van der Waals surface area contributed by atoms with Gasteiger partial charge < -0.3 is 25.8 Å². The molecule has 3 aliphatic rings. The first-order chi connectivity index (χ1) is 23.7. The number of rotatable bonds is 7. The molecule has 8 rings (SSSR count). The summed E-state index contributed by atoms with van der Waals surface area (Å²) in [5, 5.41) is 0.744. The molecule has 13 heteroatoms. The van der Waals surface area contributed by atoms with Crippen LogP contribution in [0.4, 0.5) is 26.2 Å². The third kappa shape index (κ3) is 5.04. The molecule has 0 radical (unpaired) electrons. The number of pyridine rings is 3. The van der Waals surface area contributed by atoms with Crippen LogP contribution in [0.3, 0.4) is 0 Å². The van der Waals surface area contributed by atoms with Gasteiger partial charge >= 0.3 is 6.01 Å². The summed E-state index contributed by atoms with van der Waals surface area (Å²) in [6.45, 7) is 8.52. The van der Waals surface area contributed by atoms with Crippen molar-refractivity contribution in [2.75, 3.05) is 42.7 Å². The highest BCUT2D eigenvalue weighted by Gasteiger charge is 2.45. The maximum absolute atomic E-state index is 17.3. The van der Waals surface area contributed by atoms with Crippen LogP contribution in [0.1, 0.15) is 63.6 Å². The first-order valence-electron chi connectivity index (χ1n) is 17.0. The lowest BCUT2D eigenvalue weighted by atomic mass is 9.95. The normalized spacial score (nSPS) is 19.2. The van der Waals surface area contributed by atoms with Crippen LogP contribution in [0.5, 0.6) is 11.9 Å². The van der Waals surface area contributed by atoms with Gasteiger partial charge in [-0.2, -0.15) is 9.97 Å². The molecule has 1 unspecified atom stereocenters. The standard InChI is InChI=1S/C36H39F2N9O2/c1-4-21-24(37)9-10-25-27(21)23(16-26(39)42-25)30-29(38)31-28-33(45-35(44-31)49-18-36-11-6-14-46(36)15-7-12-36)47(19(2)17-48-34(28)43-30)20(3)22-8-5-13-41-32(22)40/h5,8-10,13,16,19-20H,4,6-7,11-12,14-15,17-18H2,1-3H3,(H2,39,42)(H2,40,41)/t19-,20?/m0/s1. The number of fused-ring (bicyclic) bond motifs is 2. The summed E-state index contributed by atoms with van der Waals surface area (Å²) in [6.07, 6.45) is 6.27. The number of benzene rings is 1. The van der Waals surface area contributed by atoms with E-state index in [9.17, 15) is 0 Å². The molecule has 1 aromatic carbocycles. The fraction of sp³-hybridized carbons (Fsp3) is 0.417. The Kier molecular flexibility index (Phi) is 7.62. The largest absolute Gasteiger partial charge is 0.475 e. The molecule has 3 aliphatic heterocycles. The zero-order chi connectivity index (χ0) is 34.0. The smallest absolute Gasteiger partial charge is 0.319 e. The first kappa shape index (κ1) is 31.4. The lowest BCUT2D eigenvalue weighted by Gasteiger charge is -2.35. The zero-order valence-electron chi connectivity index (χ0n) is 27.8. The number of ether oxygens (including phenoxy) is 2. The molecule has 254 valence electrons. The summed E-state index contributed by atoms with van der Waals surface area (Å²) in [4.78, 5) is 27.7. The van der Waals surface area contributed by atoms with E-state index >= 15 is 8.78 Å². The number of nitrogens with zero attached hydrogens (tertiary/aromatic N) is 7. The Morgan fingerprint density at radius 1 is 1.06 bits per heavy atom. The van der Waals surface area contributed by atoms with Crippen LogP contribution in [-0.4, -0.2) is 67.7 Å². The second-order valence-corrected chi connectivity index (χ2v) is 13.4. The number of hydrogen-bond acceptors (Lipinski definition) is 11. The number of anilines is 3. The van der Waals surface area contributed by atoms with Gasteiger partial charge in [-0.3, -0.25) is 4.90 Å². The van der Waals surface area contributed by atoms with E-state index in [1.165, 1.54) is 12.1 Å². The lowest BCUT2D eigenvalue weighted by molar-refractivity contribution is 0.108. The molecule has 49 heavy (non-hydrogen) atoms. The molecule has 2 saturated heterocycles. The molecule has 0 amide bonds. The molecule has 7 heterocycles. The highest BCUT2D eigenvalue weighted by Crippen LogP contribution is 2.45. The van der Waals surface area contributed by atoms with Crippen LogP contribution >= 0.6 is 0 Å². The molecule has 0 bridgehead atoms. The Balaban J connectivity index is 1.36. The maximum Gasteiger partial charge on any atom is 0.319 e. The van der Waals surface area contributed by atoms with Crippen molar-refractivity contribution >= 4 is 39.3 Å². The van der Waals surface area contributed by atoms with Gasteiger partial charge in [-0.1, -0.05) is 13.0 Å². The third-order valence-electron chi connectivity index (χ3n) is 10.6. The number of aryl methyl sites for hydroxylation is 1. The minimum absolute atomic E-state index is 0.0179. The first-order valence-corrected chi connectivity index (χ1v) is 17.0. The van der Waals surface area contributed by atoms with Gasteiger partial charge in [0.1, 0.15) is 53.1 Å². The number of hydrogen-bond donors (Lipinski definition) is 2. The highest BCUT2D eigenvalue weighted by atomic mass is 19.1. The predicted octanol–water partition coefficient (Wildman–Crippen LogP) is 6.00. The predicted molar refractivity (Wildman–Crippen MR) is 185 cm³/mol. The van der Waals surface area contributed by atoms with Gasteiger partial charge in [-0.15, -0.1) is 0 Å². The Bertz CT molecular complexity index is 2100. The van der Waals surface area contributed by atoms with E-state index < -0.39 is 11.6 Å². The summed E-state index contributed by atoms with van der Waals surface area (Å²) in [6, 6.07) is 7.65. The quantitative estimate of drug-likeness (QED) is 0.211. The SMILES string of the molecule is CCc1c(F)ccc2nc(N)cc(-c3nc4c5c(nc(OCC67CCCN6CCC7)nc5c3F)N(C(C)c3cccnc3N)[C@@H](C)CO4)c12. The molecule has 4 aromatic heterocycles. The van der Waals surface area contributed by atoms with E-state index in [4.69, 9.17) is 35.9 Å². The highest BCUT2D eigenvalue weighted by molar-refractivity contribution is 6.02. The Hall–Kier alpha value is -4.91. The Morgan fingerprint density at radius 2 is 1.86 bits per heavy atom. The van der Waals surface area contributed by atoms with Crippen molar-refractivity contribution in [2.45, 2.75) is 70.5 Å². The fourth-order valence-corrected chi connectivity index (χ4v) is 8.21. The Morgan fingerprint density at radius 3 is 2.61 bits per heavy atom. The number of halogens is 2. The summed E-state index contributed by atoms with van der Waals surface area (Å²) in [7, 11) is 0. The van der Waals surface area contributed by atoms with Crippen LogP contribution in [-0.2, 0) is 6.42 Å². The molecular formula is C36H39F2N9O2. The minimum atomic E-state index is -0.723. The summed E-state index contributed by atoms with van der Waals surface area (Å²) in [5.74, 6) is -0.0333. The summed E-state index contributed by atoms with van der Waals surface area (Å²) in [5.41, 5.74) is 14.3. The van der Waals surface area contributed by atoms with Crippen molar-refractivity contribution in [2.24, 2.45) is 0 Å². The van der Waals surface area contributed by atoms with Crippen LogP contribution in [0.2, 0.25) is 0 Å². The second-order valence-electron chi connectivity index (χ2n) is 13.4. The molecule has 11 nitrogen and oxygen atoms in total. The van der Waals surface area contributed by atoms with Crippen LogP contribution in [0.15, 0.2) is 36.5 Å². The zero-order valence-corrected chi connectivity index (χ0v) is 27.8. The van der Waals surface area contributed by atoms with Crippen molar-refractivity contribution in [3.05, 3.63) is 59.3 Å². The average molecular weight is 668 g/mol. The molecular weight excluding hydrogens is 628 g/mol. The molecule has 4 N–H and O–H groups in total. The van der Waals surface area contributed by atoms with Gasteiger partial charge in [0.2, 0.25) is 5.88 Å². The minimum Gasteiger partial charge on any atom is -0.475 e. The maximum atomic E-state index is 17.3. The van der Waals surface area contributed by atoms with E-state index in [0.717, 1.165) is 44.3 Å². The Labute approximate surface area is 282 Å². The van der Waals surface area contributed by atoms with Gasteiger partial charge in [-0.25, -0.2) is 23.7 Å². The van der Waals surface area contributed by atoms with Crippen molar-refractivity contribution in [1.82, 2.24) is 29.8 Å². The van der Waals surface area contributed by atoms with Gasteiger partial charge in [0, 0.05) is 22.7 Å². The molecule has 0 spiro atoms. The fourth-order valence-electron chi connectivity index (χ4n) is 8.21. The second kappa shape index (κ2) is 11.9.